The number of hydrogen-bond donors (Lipinski definition) is 2. The highest BCUT2D eigenvalue weighted by Crippen LogP contribution is 2.48. The predicted molar refractivity (Wildman–Crippen MR) is 127 cm³/mol. The van der Waals surface area contributed by atoms with Gasteiger partial charge in [-0.15, -0.1) is 0 Å². The molecule has 2 unspecified atom stereocenters. The molecule has 0 aromatic heterocycles. The minimum absolute atomic E-state index is 0.205. The molecule has 0 saturated heterocycles. The number of para-hydroxylation sites is 1. The minimum atomic E-state index is -0.922. The summed E-state index contributed by atoms with van der Waals surface area (Å²) in [6.07, 6.45) is 7.56. The molecule has 2 aliphatic carbocycles. The van der Waals surface area contributed by atoms with Crippen LogP contribution in [0.5, 0.6) is 0 Å². The molecule has 0 radical (unpaired) electrons. The molecule has 0 bridgehead atoms. The third-order valence-corrected chi connectivity index (χ3v) is 7.56. The number of hydrogen-bond acceptors (Lipinski definition) is 3. The first-order valence-corrected chi connectivity index (χ1v) is 11.6. The lowest BCUT2D eigenvalue weighted by molar-refractivity contribution is -0.141. The van der Waals surface area contributed by atoms with E-state index in [-0.39, 0.29) is 11.8 Å². The van der Waals surface area contributed by atoms with Gasteiger partial charge < -0.3 is 16.0 Å². The lowest BCUT2D eigenvalue weighted by atomic mass is 9.69. The number of carbonyl (C=O) groups is 3. The van der Waals surface area contributed by atoms with E-state index in [0.29, 0.717) is 25.2 Å². The Balaban J connectivity index is 1.53. The minimum Gasteiger partial charge on any atom is -0.369 e. The van der Waals surface area contributed by atoms with Crippen molar-refractivity contribution in [2.45, 2.75) is 38.1 Å². The van der Waals surface area contributed by atoms with Gasteiger partial charge in [0.2, 0.25) is 11.8 Å². The maximum atomic E-state index is 13.8. The second kappa shape index (κ2) is 8.18. The van der Waals surface area contributed by atoms with Crippen LogP contribution in [0.3, 0.4) is 0 Å². The second-order valence-electron chi connectivity index (χ2n) is 9.57. The maximum Gasteiger partial charge on any atom is 0.253 e. The van der Waals surface area contributed by atoms with E-state index in [1.54, 1.807) is 11.9 Å². The van der Waals surface area contributed by atoms with Crippen molar-refractivity contribution in [1.82, 2.24) is 5.32 Å². The Hall–Kier alpha value is -3.41. The van der Waals surface area contributed by atoms with Gasteiger partial charge in [0, 0.05) is 12.6 Å². The molecule has 170 valence electrons. The standard InChI is InChI=1S/C27H29N3O3/c1-30-22-11-5-4-9-19(22)18-8-2-3-10-20(18)23(25(30)32)29-24(31)21(16-17-12-13-17)27(26(28)33)14-6-7-15-27/h2-11,17,21,23H,12-16H2,1H3,(H2,28,33)(H,29,31). The summed E-state index contributed by atoms with van der Waals surface area (Å²) in [6, 6.07) is 14.6. The van der Waals surface area contributed by atoms with Gasteiger partial charge in [-0.2, -0.15) is 0 Å². The van der Waals surface area contributed by atoms with E-state index < -0.39 is 23.3 Å². The zero-order chi connectivity index (χ0) is 23.2. The van der Waals surface area contributed by atoms with Crippen molar-refractivity contribution in [1.29, 1.82) is 0 Å². The number of anilines is 1. The quantitative estimate of drug-likeness (QED) is 0.667. The lowest BCUT2D eigenvalue weighted by Gasteiger charge is -2.35. The van der Waals surface area contributed by atoms with Crippen molar-refractivity contribution in [3.63, 3.8) is 0 Å². The molecular formula is C27H29N3O3. The van der Waals surface area contributed by atoms with Crippen LogP contribution in [-0.2, 0) is 14.4 Å². The molecule has 0 spiro atoms. The first kappa shape index (κ1) is 21.4. The van der Waals surface area contributed by atoms with E-state index in [1.807, 2.05) is 60.7 Å². The smallest absolute Gasteiger partial charge is 0.253 e. The van der Waals surface area contributed by atoms with Gasteiger partial charge in [-0.3, -0.25) is 14.4 Å². The Labute approximate surface area is 193 Å². The van der Waals surface area contributed by atoms with Gasteiger partial charge >= 0.3 is 0 Å². The van der Waals surface area contributed by atoms with E-state index >= 15 is 0 Å². The Kier molecular flexibility index (Phi) is 5.31. The summed E-state index contributed by atoms with van der Waals surface area (Å²) in [5.74, 6) is -1.04. The van der Waals surface area contributed by atoms with Crippen molar-refractivity contribution >= 4 is 23.4 Å². The molecule has 1 heterocycles. The molecule has 3 aliphatic rings. The zero-order valence-electron chi connectivity index (χ0n) is 18.8. The van der Waals surface area contributed by atoms with Gasteiger partial charge in [-0.05, 0) is 42.4 Å². The molecular weight excluding hydrogens is 414 g/mol. The molecule has 1 aliphatic heterocycles. The van der Waals surface area contributed by atoms with Gasteiger partial charge in [-0.25, -0.2) is 0 Å². The Morgan fingerprint density at radius 2 is 1.70 bits per heavy atom. The van der Waals surface area contributed by atoms with Gasteiger partial charge in [0.1, 0.15) is 6.04 Å². The van der Waals surface area contributed by atoms with Crippen LogP contribution in [0.15, 0.2) is 60.7 Å². The molecule has 6 nitrogen and oxygen atoms in total. The average Bonchev–Trinajstić information content (AvgIpc) is 3.53. The zero-order valence-corrected chi connectivity index (χ0v) is 18.8. The number of carbonyl (C=O) groups excluding carboxylic acids is 3. The van der Waals surface area contributed by atoms with E-state index in [4.69, 9.17) is 5.73 Å². The van der Waals surface area contributed by atoms with Crippen molar-refractivity contribution < 1.29 is 14.4 Å². The third kappa shape index (κ3) is 3.63. The van der Waals surface area contributed by atoms with Crippen molar-refractivity contribution in [2.24, 2.45) is 23.0 Å². The Morgan fingerprint density at radius 1 is 1.06 bits per heavy atom. The average molecular weight is 444 g/mol. The Bertz CT molecular complexity index is 1140. The number of allylic oxidation sites excluding steroid dienone is 2. The summed E-state index contributed by atoms with van der Waals surface area (Å²) in [6.45, 7) is 0. The fourth-order valence-corrected chi connectivity index (χ4v) is 5.41. The number of benzene rings is 2. The van der Waals surface area contributed by atoms with E-state index in [1.165, 1.54) is 0 Å². The fraction of sp³-hybridized carbons (Fsp3) is 0.370. The molecule has 2 atom stereocenters. The lowest BCUT2D eigenvalue weighted by Crippen LogP contribution is -2.51. The van der Waals surface area contributed by atoms with Gasteiger partial charge in [0.15, 0.2) is 0 Å². The van der Waals surface area contributed by atoms with Crippen LogP contribution in [-0.4, -0.2) is 24.8 Å². The van der Waals surface area contributed by atoms with Crippen molar-refractivity contribution in [2.75, 3.05) is 11.9 Å². The first-order chi connectivity index (χ1) is 15.9. The van der Waals surface area contributed by atoms with Gasteiger partial charge in [0.25, 0.3) is 5.91 Å². The molecule has 33 heavy (non-hydrogen) atoms. The maximum absolute atomic E-state index is 13.8. The van der Waals surface area contributed by atoms with Crippen molar-refractivity contribution in [3.8, 4) is 11.1 Å². The summed E-state index contributed by atoms with van der Waals surface area (Å²) in [7, 11) is 1.74. The van der Waals surface area contributed by atoms with Crippen LogP contribution < -0.4 is 16.0 Å². The molecule has 2 aromatic carbocycles. The third-order valence-electron chi connectivity index (χ3n) is 7.56. The second-order valence-corrected chi connectivity index (χ2v) is 9.57. The number of primary amides is 1. The van der Waals surface area contributed by atoms with E-state index in [0.717, 1.165) is 35.2 Å². The summed E-state index contributed by atoms with van der Waals surface area (Å²) in [5, 5.41) is 3.05. The molecule has 3 N–H and O–H groups in total. The predicted octanol–water partition coefficient (Wildman–Crippen LogP) is 3.73. The van der Waals surface area contributed by atoms with E-state index in [2.05, 4.69) is 5.32 Å². The van der Waals surface area contributed by atoms with Crippen molar-refractivity contribution in [3.05, 3.63) is 66.2 Å². The largest absolute Gasteiger partial charge is 0.369 e. The fourth-order valence-electron chi connectivity index (χ4n) is 5.41. The Morgan fingerprint density at radius 3 is 2.36 bits per heavy atom. The monoisotopic (exact) mass is 443 g/mol. The number of rotatable bonds is 6. The van der Waals surface area contributed by atoms with Crippen LogP contribution in [0, 0.1) is 17.3 Å². The number of amides is 3. The van der Waals surface area contributed by atoms with Crippen LogP contribution in [0.4, 0.5) is 5.69 Å². The van der Waals surface area contributed by atoms with Crippen LogP contribution in [0.25, 0.3) is 11.1 Å². The molecule has 2 aromatic rings. The summed E-state index contributed by atoms with van der Waals surface area (Å²) in [5.41, 5.74) is 8.38. The first-order valence-electron chi connectivity index (χ1n) is 11.6. The van der Waals surface area contributed by atoms with Crippen LogP contribution in [0.2, 0.25) is 0 Å². The number of nitrogens with one attached hydrogen (secondary N) is 1. The summed E-state index contributed by atoms with van der Waals surface area (Å²) >= 11 is 0. The highest BCUT2D eigenvalue weighted by Gasteiger charge is 2.50. The van der Waals surface area contributed by atoms with Crippen LogP contribution in [0.1, 0.15) is 43.7 Å². The van der Waals surface area contributed by atoms with Crippen LogP contribution >= 0.6 is 0 Å². The highest BCUT2D eigenvalue weighted by molar-refractivity contribution is 6.06. The normalized spacial score (nSPS) is 21.7. The number of nitrogens with two attached hydrogens (primary N) is 1. The number of nitrogens with zero attached hydrogens (tertiary/aromatic N) is 1. The SMILES string of the molecule is CN1C(=O)C(NC(=O)C(CC2CC2)C2(C(N)=O)CC=CC2)c2ccccc2-c2ccccc21. The molecule has 3 amide bonds. The molecule has 1 saturated carbocycles. The highest BCUT2D eigenvalue weighted by atomic mass is 16.2. The summed E-state index contributed by atoms with van der Waals surface area (Å²) < 4.78 is 0. The van der Waals surface area contributed by atoms with Gasteiger partial charge in [-0.1, -0.05) is 67.5 Å². The molecule has 5 rings (SSSR count). The number of likely N-dealkylation sites (N-methyl/N-ethyl adjacent to an activating group) is 1. The van der Waals surface area contributed by atoms with E-state index in [9.17, 15) is 14.4 Å². The molecule has 6 heteroatoms. The molecule has 1 fully saturated rings. The van der Waals surface area contributed by atoms with Gasteiger partial charge in [0.05, 0.1) is 17.0 Å². The topological polar surface area (TPSA) is 92.5 Å². The summed E-state index contributed by atoms with van der Waals surface area (Å²) in [4.78, 5) is 41.6. The number of fused-ring (bicyclic) bond motifs is 3.